The second-order valence-electron chi connectivity index (χ2n) is 9.30. The number of carbonyl (C=O) groups is 3. The van der Waals surface area contributed by atoms with Gasteiger partial charge in [-0.3, -0.25) is 4.79 Å². The van der Waals surface area contributed by atoms with Gasteiger partial charge in [0.1, 0.15) is 6.61 Å². The molecule has 0 radical (unpaired) electrons. The van der Waals surface area contributed by atoms with Gasteiger partial charge in [0.25, 0.3) is 0 Å². The van der Waals surface area contributed by atoms with Gasteiger partial charge in [0, 0.05) is 25.0 Å². The number of amides is 2. The van der Waals surface area contributed by atoms with E-state index in [4.69, 9.17) is 14.6 Å². The summed E-state index contributed by atoms with van der Waals surface area (Å²) < 4.78 is 10.7. The van der Waals surface area contributed by atoms with Gasteiger partial charge in [0.2, 0.25) is 5.91 Å². The minimum absolute atomic E-state index is 0.0185. The van der Waals surface area contributed by atoms with Crippen LogP contribution in [-0.4, -0.2) is 54.5 Å². The van der Waals surface area contributed by atoms with Crippen molar-refractivity contribution in [3.63, 3.8) is 0 Å². The smallest absolute Gasteiger partial charge is 0.407 e. The molecule has 2 amide bonds. The van der Waals surface area contributed by atoms with Crippen LogP contribution in [0.4, 0.5) is 4.79 Å². The van der Waals surface area contributed by atoms with E-state index >= 15 is 0 Å². The fraction of sp³-hybridized carbons (Fsp3) is 0.423. The van der Waals surface area contributed by atoms with E-state index in [1.54, 1.807) is 0 Å². The number of hydrogen-bond donors (Lipinski definition) is 3. The number of rotatable bonds is 7. The Morgan fingerprint density at radius 2 is 1.62 bits per heavy atom. The van der Waals surface area contributed by atoms with Crippen LogP contribution in [0.1, 0.15) is 42.7 Å². The standard InChI is InChI=1S/C26H28N2O6/c29-23(28-22-9-10-33-24(22)25(30)31)13-15-11-16(12-15)27-26(32)34-14-21-19-7-3-1-5-17(19)18-6-2-4-8-20(18)21/h1-8,15-16,21-22,24H,9-14H2,(H,27,32)(H,28,29)(H,30,31)/t15?,16?,22-,24+/m0/s1. The van der Waals surface area contributed by atoms with E-state index in [0.717, 1.165) is 0 Å². The number of carboxylic acid groups (broad SMARTS) is 1. The van der Waals surface area contributed by atoms with Crippen LogP contribution < -0.4 is 10.6 Å². The first-order valence-electron chi connectivity index (χ1n) is 11.7. The zero-order valence-corrected chi connectivity index (χ0v) is 18.7. The topological polar surface area (TPSA) is 114 Å². The first kappa shape index (κ1) is 22.4. The number of benzene rings is 2. The maximum absolute atomic E-state index is 12.4. The summed E-state index contributed by atoms with van der Waals surface area (Å²) in [7, 11) is 0. The number of aliphatic carboxylic acids is 1. The Labute approximate surface area is 197 Å². The molecule has 3 aliphatic rings. The molecular formula is C26H28N2O6. The molecule has 0 unspecified atom stereocenters. The minimum Gasteiger partial charge on any atom is -0.479 e. The monoisotopic (exact) mass is 464 g/mol. The summed E-state index contributed by atoms with van der Waals surface area (Å²) in [5.41, 5.74) is 4.71. The van der Waals surface area contributed by atoms with Gasteiger partial charge < -0.3 is 25.2 Å². The number of hydrogen-bond acceptors (Lipinski definition) is 5. The summed E-state index contributed by atoms with van der Waals surface area (Å²) in [5.74, 6) is -1.06. The number of nitrogens with one attached hydrogen (secondary N) is 2. The lowest BCUT2D eigenvalue weighted by Crippen LogP contribution is -2.48. The van der Waals surface area contributed by atoms with Gasteiger partial charge >= 0.3 is 12.1 Å². The van der Waals surface area contributed by atoms with Crippen LogP contribution in [0.2, 0.25) is 0 Å². The van der Waals surface area contributed by atoms with E-state index in [0.29, 0.717) is 32.3 Å². The molecule has 1 aliphatic heterocycles. The van der Waals surface area contributed by atoms with Gasteiger partial charge in [-0.15, -0.1) is 0 Å². The summed E-state index contributed by atoms with van der Waals surface area (Å²) in [6.45, 7) is 0.601. The fourth-order valence-corrected chi connectivity index (χ4v) is 5.34. The first-order chi connectivity index (χ1) is 16.5. The SMILES string of the molecule is O=C(CC1CC(NC(=O)OCC2c3ccccc3-c3ccccc32)C1)N[C@H]1CCO[C@H]1C(=O)O. The Morgan fingerprint density at radius 1 is 0.971 bits per heavy atom. The number of fused-ring (bicyclic) bond motifs is 3. The normalized spacial score (nSPS) is 25.1. The third-order valence-electron chi connectivity index (χ3n) is 7.06. The molecule has 0 bridgehead atoms. The highest BCUT2D eigenvalue weighted by Gasteiger charge is 2.37. The second-order valence-corrected chi connectivity index (χ2v) is 9.30. The van der Waals surface area contributed by atoms with Crippen molar-refractivity contribution in [3.05, 3.63) is 59.7 Å². The van der Waals surface area contributed by atoms with E-state index in [-0.39, 0.29) is 30.4 Å². The molecule has 1 saturated heterocycles. The van der Waals surface area contributed by atoms with Crippen LogP contribution >= 0.6 is 0 Å². The van der Waals surface area contributed by atoms with Gasteiger partial charge in [-0.05, 0) is 47.4 Å². The highest BCUT2D eigenvalue weighted by molar-refractivity contribution is 5.80. The average Bonchev–Trinajstić information content (AvgIpc) is 3.39. The maximum Gasteiger partial charge on any atom is 0.407 e. The zero-order valence-electron chi connectivity index (χ0n) is 18.7. The average molecular weight is 465 g/mol. The molecule has 8 nitrogen and oxygen atoms in total. The molecule has 1 heterocycles. The van der Waals surface area contributed by atoms with Crippen LogP contribution in [0.5, 0.6) is 0 Å². The summed E-state index contributed by atoms with van der Waals surface area (Å²) in [5, 5.41) is 14.8. The Balaban J connectivity index is 1.06. The quantitative estimate of drug-likeness (QED) is 0.580. The van der Waals surface area contributed by atoms with Crippen LogP contribution in [0.15, 0.2) is 48.5 Å². The van der Waals surface area contributed by atoms with Crippen LogP contribution in [0.3, 0.4) is 0 Å². The molecule has 2 aromatic rings. The molecule has 2 aromatic carbocycles. The van der Waals surface area contributed by atoms with Crippen molar-refractivity contribution in [2.24, 2.45) is 5.92 Å². The molecule has 8 heteroatoms. The van der Waals surface area contributed by atoms with Gasteiger partial charge in [0.05, 0.1) is 6.04 Å². The van der Waals surface area contributed by atoms with Crippen molar-refractivity contribution in [1.82, 2.24) is 10.6 Å². The van der Waals surface area contributed by atoms with Crippen LogP contribution in [-0.2, 0) is 19.1 Å². The van der Waals surface area contributed by atoms with Gasteiger partial charge in [0.15, 0.2) is 6.10 Å². The van der Waals surface area contributed by atoms with Gasteiger partial charge in [-0.25, -0.2) is 9.59 Å². The summed E-state index contributed by atoms with van der Waals surface area (Å²) in [6, 6.07) is 15.9. The third kappa shape index (κ3) is 4.50. The van der Waals surface area contributed by atoms with E-state index in [1.807, 2.05) is 24.3 Å². The van der Waals surface area contributed by atoms with Crippen molar-refractivity contribution < 1.29 is 29.0 Å². The second kappa shape index (κ2) is 9.46. The minimum atomic E-state index is -1.06. The number of ether oxygens (including phenoxy) is 2. The molecule has 0 spiro atoms. The van der Waals surface area contributed by atoms with Gasteiger partial charge in [-0.2, -0.15) is 0 Å². The molecule has 3 N–H and O–H groups in total. The van der Waals surface area contributed by atoms with Gasteiger partial charge in [-0.1, -0.05) is 48.5 Å². The lowest BCUT2D eigenvalue weighted by Gasteiger charge is -2.35. The Kier molecular flexibility index (Phi) is 6.24. The maximum atomic E-state index is 12.4. The number of carbonyl (C=O) groups excluding carboxylic acids is 2. The van der Waals surface area contributed by atoms with Crippen molar-refractivity contribution >= 4 is 18.0 Å². The van der Waals surface area contributed by atoms with Crippen molar-refractivity contribution in [3.8, 4) is 11.1 Å². The van der Waals surface area contributed by atoms with E-state index in [1.165, 1.54) is 22.3 Å². The lowest BCUT2D eigenvalue weighted by atomic mass is 9.78. The number of carboxylic acids is 1. The molecule has 0 aromatic heterocycles. The fourth-order valence-electron chi connectivity index (χ4n) is 5.34. The number of alkyl carbamates (subject to hydrolysis) is 1. The Hall–Kier alpha value is -3.39. The summed E-state index contributed by atoms with van der Waals surface area (Å²) in [4.78, 5) is 35.8. The Morgan fingerprint density at radius 3 is 2.26 bits per heavy atom. The molecule has 34 heavy (non-hydrogen) atoms. The first-order valence-corrected chi connectivity index (χ1v) is 11.7. The van der Waals surface area contributed by atoms with E-state index < -0.39 is 24.2 Å². The molecule has 2 fully saturated rings. The van der Waals surface area contributed by atoms with Crippen LogP contribution in [0.25, 0.3) is 11.1 Å². The zero-order chi connectivity index (χ0) is 23.7. The third-order valence-corrected chi connectivity index (χ3v) is 7.06. The van der Waals surface area contributed by atoms with Crippen molar-refractivity contribution in [2.75, 3.05) is 13.2 Å². The molecule has 2 atom stereocenters. The molecule has 2 aliphatic carbocycles. The lowest BCUT2D eigenvalue weighted by molar-refractivity contribution is -0.148. The largest absolute Gasteiger partial charge is 0.479 e. The Bertz CT molecular complexity index is 1050. The molecule has 178 valence electrons. The van der Waals surface area contributed by atoms with Crippen molar-refractivity contribution in [1.29, 1.82) is 0 Å². The molecule has 5 rings (SSSR count). The van der Waals surface area contributed by atoms with Crippen LogP contribution in [0, 0.1) is 5.92 Å². The highest BCUT2D eigenvalue weighted by atomic mass is 16.5. The van der Waals surface area contributed by atoms with Crippen molar-refractivity contribution in [2.45, 2.75) is 49.8 Å². The predicted octanol–water partition coefficient (Wildman–Crippen LogP) is 3.05. The summed E-state index contributed by atoms with van der Waals surface area (Å²) in [6.07, 6.45) is 0.781. The predicted molar refractivity (Wildman–Crippen MR) is 123 cm³/mol. The van der Waals surface area contributed by atoms with E-state index in [2.05, 4.69) is 34.9 Å². The highest BCUT2D eigenvalue weighted by Crippen LogP contribution is 2.44. The molecule has 1 saturated carbocycles. The van der Waals surface area contributed by atoms with E-state index in [9.17, 15) is 14.4 Å². The molecular weight excluding hydrogens is 436 g/mol. The summed E-state index contributed by atoms with van der Waals surface area (Å²) >= 11 is 0.